The SMILES string of the molecule is Cc1cc(NCc2cccc(C(F)(F)F)c2)nc(Nc2cccnc2)n1. The summed E-state index contributed by atoms with van der Waals surface area (Å²) in [4.78, 5) is 12.6. The Labute approximate surface area is 148 Å². The summed E-state index contributed by atoms with van der Waals surface area (Å²) in [5.74, 6) is 0.894. The lowest BCUT2D eigenvalue weighted by Gasteiger charge is -2.11. The smallest absolute Gasteiger partial charge is 0.366 e. The fourth-order valence-electron chi connectivity index (χ4n) is 2.33. The third kappa shape index (κ3) is 4.69. The van der Waals surface area contributed by atoms with Crippen molar-refractivity contribution in [2.24, 2.45) is 0 Å². The Bertz CT molecular complexity index is 881. The van der Waals surface area contributed by atoms with E-state index in [1.807, 2.05) is 13.0 Å². The molecule has 5 nitrogen and oxygen atoms in total. The van der Waals surface area contributed by atoms with Gasteiger partial charge in [-0.05, 0) is 36.8 Å². The molecule has 0 spiro atoms. The molecule has 0 aliphatic rings. The molecule has 2 N–H and O–H groups in total. The molecule has 0 aliphatic heterocycles. The third-order valence-electron chi connectivity index (χ3n) is 3.50. The number of anilines is 3. The van der Waals surface area contributed by atoms with Crippen molar-refractivity contribution >= 4 is 17.5 Å². The molecule has 26 heavy (non-hydrogen) atoms. The standard InChI is InChI=1S/C18H16F3N5/c1-12-8-16(26-17(24-12)25-15-6-3-7-22-11-15)23-10-13-4-2-5-14(9-13)18(19,20)21/h2-9,11H,10H2,1H3,(H2,23,24,25,26). The van der Waals surface area contributed by atoms with Gasteiger partial charge in [-0.25, -0.2) is 4.98 Å². The molecular formula is C18H16F3N5. The van der Waals surface area contributed by atoms with E-state index >= 15 is 0 Å². The Hall–Kier alpha value is -3.16. The molecule has 8 heteroatoms. The Morgan fingerprint density at radius 1 is 1.04 bits per heavy atom. The Balaban J connectivity index is 1.72. The van der Waals surface area contributed by atoms with Crippen LogP contribution in [0.3, 0.4) is 0 Å². The predicted molar refractivity (Wildman–Crippen MR) is 93.1 cm³/mol. The van der Waals surface area contributed by atoms with Crippen molar-refractivity contribution in [3.63, 3.8) is 0 Å². The minimum absolute atomic E-state index is 0.215. The van der Waals surface area contributed by atoms with Gasteiger partial charge in [-0.2, -0.15) is 18.2 Å². The number of nitrogens with one attached hydrogen (secondary N) is 2. The second-order valence-corrected chi connectivity index (χ2v) is 5.64. The fourth-order valence-corrected chi connectivity index (χ4v) is 2.33. The molecule has 0 fully saturated rings. The summed E-state index contributed by atoms with van der Waals surface area (Å²) in [5, 5.41) is 6.07. The molecular weight excluding hydrogens is 343 g/mol. The maximum Gasteiger partial charge on any atom is 0.416 e. The van der Waals surface area contributed by atoms with Crippen LogP contribution in [0.2, 0.25) is 0 Å². The van der Waals surface area contributed by atoms with Crippen LogP contribution in [0.1, 0.15) is 16.8 Å². The number of halogens is 3. The van der Waals surface area contributed by atoms with Crippen LogP contribution in [0.25, 0.3) is 0 Å². The first-order chi connectivity index (χ1) is 12.4. The van der Waals surface area contributed by atoms with Crippen molar-refractivity contribution in [2.45, 2.75) is 19.6 Å². The molecule has 0 aliphatic carbocycles. The van der Waals surface area contributed by atoms with E-state index in [2.05, 4.69) is 25.6 Å². The summed E-state index contributed by atoms with van der Waals surface area (Å²) >= 11 is 0. The van der Waals surface area contributed by atoms with Crippen LogP contribution >= 0.6 is 0 Å². The number of nitrogens with zero attached hydrogens (tertiary/aromatic N) is 3. The summed E-state index contributed by atoms with van der Waals surface area (Å²) in [6.07, 6.45) is -1.06. The first-order valence-corrected chi connectivity index (χ1v) is 7.83. The minimum Gasteiger partial charge on any atom is -0.366 e. The van der Waals surface area contributed by atoms with Gasteiger partial charge in [0, 0.05) is 24.5 Å². The molecule has 0 amide bonds. The number of aryl methyl sites for hydroxylation is 1. The maximum absolute atomic E-state index is 12.8. The lowest BCUT2D eigenvalue weighted by atomic mass is 10.1. The second-order valence-electron chi connectivity index (χ2n) is 5.64. The first-order valence-electron chi connectivity index (χ1n) is 7.83. The van der Waals surface area contributed by atoms with Crippen molar-refractivity contribution in [2.75, 3.05) is 10.6 Å². The molecule has 2 aromatic heterocycles. The van der Waals surface area contributed by atoms with E-state index in [0.717, 1.165) is 23.5 Å². The average Bonchev–Trinajstić information content (AvgIpc) is 2.60. The van der Waals surface area contributed by atoms with Gasteiger partial charge in [-0.15, -0.1) is 0 Å². The topological polar surface area (TPSA) is 62.7 Å². The van der Waals surface area contributed by atoms with Crippen LogP contribution in [0, 0.1) is 6.92 Å². The minimum atomic E-state index is -4.36. The Kier molecular flexibility index (Phi) is 5.01. The van der Waals surface area contributed by atoms with Crippen LogP contribution in [0.5, 0.6) is 0 Å². The van der Waals surface area contributed by atoms with Gasteiger partial charge in [0.2, 0.25) is 5.95 Å². The molecule has 134 valence electrons. The van der Waals surface area contributed by atoms with Gasteiger partial charge < -0.3 is 10.6 Å². The molecule has 0 unspecified atom stereocenters. The summed E-state index contributed by atoms with van der Waals surface area (Å²) in [5.41, 5.74) is 1.30. The molecule has 0 radical (unpaired) electrons. The number of alkyl halides is 3. The zero-order valence-electron chi connectivity index (χ0n) is 13.9. The van der Waals surface area contributed by atoms with Crippen LogP contribution in [-0.4, -0.2) is 15.0 Å². The number of hydrogen-bond acceptors (Lipinski definition) is 5. The van der Waals surface area contributed by atoms with E-state index < -0.39 is 11.7 Å². The summed E-state index contributed by atoms with van der Waals surface area (Å²) in [7, 11) is 0. The van der Waals surface area contributed by atoms with Crippen LogP contribution < -0.4 is 10.6 Å². The highest BCUT2D eigenvalue weighted by atomic mass is 19.4. The highest BCUT2D eigenvalue weighted by Gasteiger charge is 2.30. The normalized spacial score (nSPS) is 11.2. The molecule has 3 rings (SSSR count). The van der Waals surface area contributed by atoms with Gasteiger partial charge in [0.1, 0.15) is 5.82 Å². The van der Waals surface area contributed by atoms with Gasteiger partial charge >= 0.3 is 6.18 Å². The van der Waals surface area contributed by atoms with Crippen molar-refractivity contribution in [3.8, 4) is 0 Å². The maximum atomic E-state index is 12.8. The molecule has 0 saturated carbocycles. The highest BCUT2D eigenvalue weighted by Crippen LogP contribution is 2.29. The molecule has 0 bridgehead atoms. The summed E-state index contributed by atoms with van der Waals surface area (Å²) in [6.45, 7) is 2.03. The van der Waals surface area contributed by atoms with Crippen LogP contribution in [-0.2, 0) is 12.7 Å². The first kappa shape index (κ1) is 17.7. The monoisotopic (exact) mass is 359 g/mol. The Morgan fingerprint density at radius 2 is 1.88 bits per heavy atom. The number of pyridine rings is 1. The summed E-state index contributed by atoms with van der Waals surface area (Å²) in [6, 6.07) is 10.5. The second kappa shape index (κ2) is 7.38. The van der Waals surface area contributed by atoms with E-state index in [4.69, 9.17) is 0 Å². The lowest BCUT2D eigenvalue weighted by molar-refractivity contribution is -0.137. The quantitative estimate of drug-likeness (QED) is 0.699. The van der Waals surface area contributed by atoms with Crippen LogP contribution in [0.15, 0.2) is 54.9 Å². The predicted octanol–water partition coefficient (Wildman–Crippen LogP) is 4.55. The van der Waals surface area contributed by atoms with Crippen LogP contribution in [0.4, 0.5) is 30.6 Å². The third-order valence-corrected chi connectivity index (χ3v) is 3.50. The van der Waals surface area contributed by atoms with Crippen molar-refractivity contribution in [3.05, 3.63) is 71.7 Å². The zero-order valence-corrected chi connectivity index (χ0v) is 13.9. The number of aromatic nitrogens is 3. The van der Waals surface area contributed by atoms with E-state index in [0.29, 0.717) is 17.3 Å². The van der Waals surface area contributed by atoms with E-state index in [1.165, 1.54) is 6.07 Å². The van der Waals surface area contributed by atoms with Gasteiger partial charge in [-0.1, -0.05) is 12.1 Å². The molecule has 2 heterocycles. The zero-order chi connectivity index (χ0) is 18.6. The largest absolute Gasteiger partial charge is 0.416 e. The lowest BCUT2D eigenvalue weighted by Crippen LogP contribution is -2.08. The average molecular weight is 359 g/mol. The van der Waals surface area contributed by atoms with E-state index in [-0.39, 0.29) is 6.54 Å². The van der Waals surface area contributed by atoms with Gasteiger partial charge in [0.15, 0.2) is 0 Å². The number of benzene rings is 1. The fraction of sp³-hybridized carbons (Fsp3) is 0.167. The van der Waals surface area contributed by atoms with E-state index in [9.17, 15) is 13.2 Å². The van der Waals surface area contributed by atoms with Crippen molar-refractivity contribution in [1.29, 1.82) is 0 Å². The number of rotatable bonds is 5. The van der Waals surface area contributed by atoms with Gasteiger partial charge in [0.05, 0.1) is 17.4 Å². The number of hydrogen-bond donors (Lipinski definition) is 2. The van der Waals surface area contributed by atoms with Crippen molar-refractivity contribution < 1.29 is 13.2 Å². The van der Waals surface area contributed by atoms with Crippen molar-refractivity contribution in [1.82, 2.24) is 15.0 Å². The molecule has 3 aromatic rings. The van der Waals surface area contributed by atoms with Gasteiger partial charge in [-0.3, -0.25) is 4.98 Å². The summed E-state index contributed by atoms with van der Waals surface area (Å²) < 4.78 is 38.4. The van der Waals surface area contributed by atoms with Gasteiger partial charge in [0.25, 0.3) is 0 Å². The molecule has 0 atom stereocenters. The Morgan fingerprint density at radius 3 is 2.62 bits per heavy atom. The molecule has 0 saturated heterocycles. The highest BCUT2D eigenvalue weighted by molar-refractivity contribution is 5.53. The van der Waals surface area contributed by atoms with E-state index in [1.54, 1.807) is 30.6 Å². The molecule has 1 aromatic carbocycles.